The number of hydrogen-bond donors (Lipinski definition) is 1. The molecule has 0 bridgehead atoms. The Morgan fingerprint density at radius 3 is 2.61 bits per heavy atom. The lowest BCUT2D eigenvalue weighted by Crippen LogP contribution is -2.57. The van der Waals surface area contributed by atoms with Gasteiger partial charge in [-0.2, -0.15) is 18.3 Å². The standard InChI is InChI=1S/C24H25F5N6O/c1-14-6-7-30-18(8-14)17-12-34(3)33-21(17)22(36)35-13-23(25,26)9-15(2)19(35)11-32-20-5-4-16(10-31-20)24(27,28)29/h4-8,10,12,15,19H,9,11,13H2,1-3H3,(H,31,32)/t15-,19?/m1/s1. The Morgan fingerprint density at radius 1 is 1.22 bits per heavy atom. The highest BCUT2D eigenvalue weighted by atomic mass is 19.4. The van der Waals surface area contributed by atoms with Crippen LogP contribution in [0.25, 0.3) is 11.3 Å². The van der Waals surface area contributed by atoms with E-state index in [1.165, 1.54) is 4.68 Å². The van der Waals surface area contributed by atoms with Crippen LogP contribution in [-0.4, -0.2) is 55.6 Å². The zero-order valence-electron chi connectivity index (χ0n) is 19.9. The fraction of sp³-hybridized carbons (Fsp3) is 0.417. The van der Waals surface area contributed by atoms with Crippen molar-refractivity contribution in [2.24, 2.45) is 13.0 Å². The van der Waals surface area contributed by atoms with Crippen molar-refractivity contribution in [3.8, 4) is 11.3 Å². The van der Waals surface area contributed by atoms with Crippen LogP contribution in [0.4, 0.5) is 27.8 Å². The van der Waals surface area contributed by atoms with Gasteiger partial charge in [0, 0.05) is 38.6 Å². The van der Waals surface area contributed by atoms with E-state index >= 15 is 0 Å². The molecule has 4 heterocycles. The normalized spacial score (nSPS) is 19.8. The Hall–Kier alpha value is -3.57. The number of piperidine rings is 1. The molecule has 4 rings (SSSR count). The fourth-order valence-electron chi connectivity index (χ4n) is 4.41. The lowest BCUT2D eigenvalue weighted by atomic mass is 9.88. The van der Waals surface area contributed by atoms with Gasteiger partial charge in [0.25, 0.3) is 11.8 Å². The van der Waals surface area contributed by atoms with E-state index in [-0.39, 0.29) is 18.1 Å². The van der Waals surface area contributed by atoms with Gasteiger partial charge in [-0.3, -0.25) is 14.5 Å². The van der Waals surface area contributed by atoms with E-state index < -0.39 is 48.5 Å². The van der Waals surface area contributed by atoms with Crippen molar-refractivity contribution in [3.63, 3.8) is 0 Å². The largest absolute Gasteiger partial charge is 0.417 e. The van der Waals surface area contributed by atoms with Crippen molar-refractivity contribution in [1.29, 1.82) is 0 Å². The molecule has 0 aliphatic carbocycles. The number of anilines is 1. The fourth-order valence-corrected chi connectivity index (χ4v) is 4.41. The minimum absolute atomic E-state index is 0.00171. The maximum Gasteiger partial charge on any atom is 0.417 e. The number of carbonyl (C=O) groups excluding carboxylic acids is 1. The number of nitrogens with one attached hydrogen (secondary N) is 1. The van der Waals surface area contributed by atoms with E-state index in [9.17, 15) is 26.7 Å². The lowest BCUT2D eigenvalue weighted by molar-refractivity contribution is -0.137. The summed E-state index contributed by atoms with van der Waals surface area (Å²) in [6.07, 6.45) is -1.06. The molecule has 1 saturated heterocycles. The average Bonchev–Trinajstić information content (AvgIpc) is 3.18. The maximum atomic E-state index is 14.6. The molecule has 1 amide bonds. The van der Waals surface area contributed by atoms with Crippen molar-refractivity contribution < 1.29 is 26.7 Å². The number of nitrogens with zero attached hydrogens (tertiary/aromatic N) is 5. The van der Waals surface area contributed by atoms with Crippen LogP contribution in [0.15, 0.2) is 42.9 Å². The van der Waals surface area contributed by atoms with Crippen molar-refractivity contribution in [2.75, 3.05) is 18.4 Å². The van der Waals surface area contributed by atoms with Crippen LogP contribution in [0, 0.1) is 12.8 Å². The molecule has 0 spiro atoms. The van der Waals surface area contributed by atoms with Crippen molar-refractivity contribution in [2.45, 2.75) is 38.4 Å². The van der Waals surface area contributed by atoms with E-state index in [1.54, 1.807) is 38.5 Å². The third kappa shape index (κ3) is 5.47. The molecule has 2 atom stereocenters. The van der Waals surface area contributed by atoms with Crippen LogP contribution < -0.4 is 5.32 Å². The van der Waals surface area contributed by atoms with E-state index in [2.05, 4.69) is 20.4 Å². The summed E-state index contributed by atoms with van der Waals surface area (Å²) >= 11 is 0. The van der Waals surface area contributed by atoms with E-state index in [1.807, 2.05) is 6.92 Å². The minimum Gasteiger partial charge on any atom is -0.368 e. The number of aromatic nitrogens is 4. The van der Waals surface area contributed by atoms with Gasteiger partial charge < -0.3 is 10.2 Å². The molecule has 0 saturated carbocycles. The summed E-state index contributed by atoms with van der Waals surface area (Å²) < 4.78 is 69.0. The van der Waals surface area contributed by atoms with Crippen molar-refractivity contribution in [3.05, 3.63) is 59.7 Å². The highest BCUT2D eigenvalue weighted by Crippen LogP contribution is 2.36. The van der Waals surface area contributed by atoms with Crippen molar-refractivity contribution >= 4 is 11.7 Å². The van der Waals surface area contributed by atoms with Crippen molar-refractivity contribution in [1.82, 2.24) is 24.6 Å². The number of likely N-dealkylation sites (tertiary alicyclic amines) is 1. The Bertz CT molecular complexity index is 1240. The summed E-state index contributed by atoms with van der Waals surface area (Å²) in [5.41, 5.74) is 0.920. The van der Waals surface area contributed by atoms with Gasteiger partial charge in [0.1, 0.15) is 5.82 Å². The van der Waals surface area contributed by atoms with Gasteiger partial charge in [0.2, 0.25) is 0 Å². The highest BCUT2D eigenvalue weighted by molar-refractivity contribution is 5.99. The molecule has 36 heavy (non-hydrogen) atoms. The number of pyridine rings is 2. The zero-order valence-corrected chi connectivity index (χ0v) is 19.9. The van der Waals surface area contributed by atoms with Gasteiger partial charge in [0.15, 0.2) is 5.69 Å². The third-order valence-corrected chi connectivity index (χ3v) is 6.15. The molecule has 0 aromatic carbocycles. The van der Waals surface area contributed by atoms with Crippen LogP contribution in [-0.2, 0) is 13.2 Å². The number of aryl methyl sites for hydroxylation is 2. The Balaban J connectivity index is 1.61. The SMILES string of the molecule is Cc1ccnc(-c2cn(C)nc2C(=O)N2CC(F)(F)C[C@@H](C)C2CNc2ccc(C(F)(F)F)cn2)c1. The number of hydrogen-bond acceptors (Lipinski definition) is 5. The molecule has 1 aliphatic heterocycles. The first-order valence-corrected chi connectivity index (χ1v) is 11.3. The summed E-state index contributed by atoms with van der Waals surface area (Å²) in [6, 6.07) is 4.94. The third-order valence-electron chi connectivity index (χ3n) is 6.15. The molecule has 7 nitrogen and oxygen atoms in total. The molecular formula is C24H25F5N6O. The first-order chi connectivity index (χ1) is 16.8. The van der Waals surface area contributed by atoms with Gasteiger partial charge in [0.05, 0.1) is 29.4 Å². The first kappa shape index (κ1) is 25.5. The summed E-state index contributed by atoms with van der Waals surface area (Å²) in [5.74, 6) is -4.24. The average molecular weight is 508 g/mol. The molecular weight excluding hydrogens is 483 g/mol. The van der Waals surface area contributed by atoms with Crippen LogP contribution >= 0.6 is 0 Å². The maximum absolute atomic E-state index is 14.6. The van der Waals surface area contributed by atoms with Crippen LogP contribution in [0.2, 0.25) is 0 Å². The van der Waals surface area contributed by atoms with Crippen LogP contribution in [0.5, 0.6) is 0 Å². The summed E-state index contributed by atoms with van der Waals surface area (Å²) in [7, 11) is 1.62. The molecule has 1 fully saturated rings. The van der Waals surface area contributed by atoms with E-state index in [0.29, 0.717) is 17.5 Å². The molecule has 192 valence electrons. The predicted molar refractivity (Wildman–Crippen MR) is 122 cm³/mol. The Kier molecular flexibility index (Phi) is 6.72. The van der Waals surface area contributed by atoms with Gasteiger partial charge in [-0.15, -0.1) is 0 Å². The summed E-state index contributed by atoms with van der Waals surface area (Å²) in [6.45, 7) is 2.70. The molecule has 1 unspecified atom stereocenters. The van der Waals surface area contributed by atoms with E-state index in [4.69, 9.17) is 0 Å². The molecule has 3 aromatic rings. The molecule has 1 N–H and O–H groups in total. The second-order valence-electron chi connectivity index (χ2n) is 9.13. The smallest absolute Gasteiger partial charge is 0.368 e. The topological polar surface area (TPSA) is 75.9 Å². The van der Waals surface area contributed by atoms with Crippen LogP contribution in [0.1, 0.15) is 35.0 Å². The minimum atomic E-state index is -4.52. The number of carbonyl (C=O) groups is 1. The highest BCUT2D eigenvalue weighted by Gasteiger charge is 2.47. The van der Waals surface area contributed by atoms with Crippen LogP contribution in [0.3, 0.4) is 0 Å². The predicted octanol–water partition coefficient (Wildman–Crippen LogP) is 4.80. The number of rotatable bonds is 5. The first-order valence-electron chi connectivity index (χ1n) is 11.3. The van der Waals surface area contributed by atoms with E-state index in [0.717, 1.165) is 22.6 Å². The molecule has 1 aliphatic rings. The zero-order chi connectivity index (χ0) is 26.3. The number of halogens is 5. The molecule has 0 radical (unpaired) electrons. The second-order valence-corrected chi connectivity index (χ2v) is 9.13. The van der Waals surface area contributed by atoms with Gasteiger partial charge in [-0.25, -0.2) is 13.8 Å². The van der Waals surface area contributed by atoms with Gasteiger partial charge >= 0.3 is 6.18 Å². The quantitative estimate of drug-likeness (QED) is 0.501. The van der Waals surface area contributed by atoms with Gasteiger partial charge in [-0.05, 0) is 42.7 Å². The molecule has 12 heteroatoms. The monoisotopic (exact) mass is 508 g/mol. The number of alkyl halides is 5. The summed E-state index contributed by atoms with van der Waals surface area (Å²) in [5, 5.41) is 7.14. The molecule has 3 aromatic heterocycles. The Morgan fingerprint density at radius 2 is 1.97 bits per heavy atom. The number of amides is 1. The Labute approximate surface area is 204 Å². The summed E-state index contributed by atoms with van der Waals surface area (Å²) in [4.78, 5) is 22.8. The lowest BCUT2D eigenvalue weighted by Gasteiger charge is -2.43. The van der Waals surface area contributed by atoms with Gasteiger partial charge in [-0.1, -0.05) is 6.92 Å². The second kappa shape index (κ2) is 9.47.